The molecule has 1 heterocycles. The number of amides is 1. The van der Waals surface area contributed by atoms with Gasteiger partial charge in [-0.15, -0.1) is 0 Å². The predicted octanol–water partition coefficient (Wildman–Crippen LogP) is 0.474. The van der Waals surface area contributed by atoms with Crippen LogP contribution in [-0.2, 0) is 4.79 Å². The first-order valence-electron chi connectivity index (χ1n) is 3.66. The number of hydrazine groups is 1. The van der Waals surface area contributed by atoms with E-state index in [1.54, 1.807) is 5.01 Å². The summed E-state index contributed by atoms with van der Waals surface area (Å²) < 4.78 is 0. The molecular formula is C7H14N2O. The normalized spacial score (nSPS) is 21.2. The summed E-state index contributed by atoms with van der Waals surface area (Å²) in [6.45, 7) is 4.93. The lowest BCUT2D eigenvalue weighted by molar-refractivity contribution is -0.139. The average Bonchev–Trinajstić information content (AvgIpc) is 2.11. The summed E-state index contributed by atoms with van der Waals surface area (Å²) in [5.74, 6) is 0.248. The molecule has 1 aliphatic rings. The van der Waals surface area contributed by atoms with Crippen LogP contribution in [0.1, 0.15) is 20.3 Å². The molecule has 0 saturated carbocycles. The minimum Gasteiger partial charge on any atom is -0.273 e. The van der Waals surface area contributed by atoms with E-state index in [4.69, 9.17) is 0 Å². The van der Waals surface area contributed by atoms with Gasteiger partial charge in [-0.1, -0.05) is 0 Å². The van der Waals surface area contributed by atoms with Crippen molar-refractivity contribution in [3.05, 3.63) is 0 Å². The van der Waals surface area contributed by atoms with Gasteiger partial charge in [-0.05, 0) is 13.8 Å². The maximum atomic E-state index is 11.1. The van der Waals surface area contributed by atoms with Gasteiger partial charge in [0.2, 0.25) is 5.91 Å². The Morgan fingerprint density at radius 2 is 2.10 bits per heavy atom. The zero-order valence-electron chi connectivity index (χ0n) is 6.79. The van der Waals surface area contributed by atoms with Crippen LogP contribution in [0, 0.1) is 0 Å². The molecular weight excluding hydrogens is 128 g/mol. The number of rotatable bonds is 1. The Labute approximate surface area is 61.6 Å². The van der Waals surface area contributed by atoms with E-state index in [0.717, 1.165) is 6.54 Å². The first kappa shape index (κ1) is 7.54. The van der Waals surface area contributed by atoms with Crippen molar-refractivity contribution >= 4 is 5.91 Å². The molecule has 0 spiro atoms. The molecule has 0 aromatic heterocycles. The van der Waals surface area contributed by atoms with Gasteiger partial charge in [0.1, 0.15) is 0 Å². The zero-order chi connectivity index (χ0) is 7.72. The van der Waals surface area contributed by atoms with Gasteiger partial charge in [0.05, 0.1) is 0 Å². The molecule has 1 amide bonds. The van der Waals surface area contributed by atoms with Gasteiger partial charge in [-0.25, -0.2) is 5.01 Å². The van der Waals surface area contributed by atoms with E-state index in [-0.39, 0.29) is 5.91 Å². The summed E-state index contributed by atoms with van der Waals surface area (Å²) >= 11 is 0. The lowest BCUT2D eigenvalue weighted by Gasteiger charge is -2.27. The summed E-state index contributed by atoms with van der Waals surface area (Å²) in [6.07, 6.45) is 0.675. The molecule has 3 heteroatoms. The van der Waals surface area contributed by atoms with Crippen LogP contribution in [0.3, 0.4) is 0 Å². The molecule has 58 valence electrons. The number of carbonyl (C=O) groups excluding carboxylic acids is 1. The van der Waals surface area contributed by atoms with Gasteiger partial charge in [0, 0.05) is 26.1 Å². The summed E-state index contributed by atoms with van der Waals surface area (Å²) in [7, 11) is 1.95. The maximum Gasteiger partial charge on any atom is 0.238 e. The second-order valence-corrected chi connectivity index (χ2v) is 2.96. The molecule has 0 radical (unpaired) electrons. The summed E-state index contributed by atoms with van der Waals surface area (Å²) in [5, 5.41) is 3.78. The van der Waals surface area contributed by atoms with Gasteiger partial charge >= 0.3 is 0 Å². The SMILES string of the molecule is CC(C)N1C(=O)CCN1C. The lowest BCUT2D eigenvalue weighted by Crippen LogP contribution is -2.41. The molecule has 3 nitrogen and oxygen atoms in total. The highest BCUT2D eigenvalue weighted by atomic mass is 16.2. The van der Waals surface area contributed by atoms with E-state index in [1.807, 2.05) is 25.9 Å². The van der Waals surface area contributed by atoms with Crippen LogP contribution in [-0.4, -0.2) is 35.6 Å². The third-order valence-corrected chi connectivity index (χ3v) is 1.76. The third-order valence-electron chi connectivity index (χ3n) is 1.76. The smallest absolute Gasteiger partial charge is 0.238 e. The first-order chi connectivity index (χ1) is 4.63. The minimum atomic E-state index is 0.248. The van der Waals surface area contributed by atoms with Gasteiger partial charge < -0.3 is 0 Å². The summed E-state index contributed by atoms with van der Waals surface area (Å²) in [4.78, 5) is 11.1. The summed E-state index contributed by atoms with van der Waals surface area (Å²) in [5.41, 5.74) is 0. The number of hydrogen-bond donors (Lipinski definition) is 0. The van der Waals surface area contributed by atoms with Crippen LogP contribution in [0.4, 0.5) is 0 Å². The van der Waals surface area contributed by atoms with E-state index >= 15 is 0 Å². The van der Waals surface area contributed by atoms with E-state index < -0.39 is 0 Å². The number of hydrogen-bond acceptors (Lipinski definition) is 2. The van der Waals surface area contributed by atoms with Crippen molar-refractivity contribution in [2.75, 3.05) is 13.6 Å². The highest BCUT2D eigenvalue weighted by molar-refractivity contribution is 5.77. The fraction of sp³-hybridized carbons (Fsp3) is 0.857. The van der Waals surface area contributed by atoms with E-state index in [9.17, 15) is 4.79 Å². The number of nitrogens with zero attached hydrogens (tertiary/aromatic N) is 2. The highest BCUT2D eigenvalue weighted by Crippen LogP contribution is 2.12. The van der Waals surface area contributed by atoms with Crippen molar-refractivity contribution < 1.29 is 4.79 Å². The molecule has 1 saturated heterocycles. The van der Waals surface area contributed by atoms with Crippen LogP contribution in [0.2, 0.25) is 0 Å². The molecule has 0 aromatic carbocycles. The van der Waals surface area contributed by atoms with Crippen LogP contribution >= 0.6 is 0 Å². The minimum absolute atomic E-state index is 0.248. The zero-order valence-corrected chi connectivity index (χ0v) is 6.79. The molecule has 0 aromatic rings. The quantitative estimate of drug-likeness (QED) is 0.531. The molecule has 0 bridgehead atoms. The second kappa shape index (κ2) is 2.58. The third kappa shape index (κ3) is 1.14. The van der Waals surface area contributed by atoms with Crippen molar-refractivity contribution in [1.82, 2.24) is 10.0 Å². The van der Waals surface area contributed by atoms with Crippen LogP contribution in [0.5, 0.6) is 0 Å². The van der Waals surface area contributed by atoms with Crippen LogP contribution in [0.15, 0.2) is 0 Å². The molecule has 0 atom stereocenters. The fourth-order valence-electron chi connectivity index (χ4n) is 1.35. The Morgan fingerprint density at radius 1 is 1.50 bits per heavy atom. The molecule has 10 heavy (non-hydrogen) atoms. The standard InChI is InChI=1S/C7H14N2O/c1-6(2)9-7(10)4-5-8(9)3/h6H,4-5H2,1-3H3. The molecule has 1 aliphatic heterocycles. The molecule has 1 rings (SSSR count). The van der Waals surface area contributed by atoms with Crippen LogP contribution in [0.25, 0.3) is 0 Å². The largest absolute Gasteiger partial charge is 0.273 e. The van der Waals surface area contributed by atoms with Gasteiger partial charge in [-0.2, -0.15) is 0 Å². The van der Waals surface area contributed by atoms with E-state index in [1.165, 1.54) is 0 Å². The Balaban J connectivity index is 2.63. The Bertz CT molecular complexity index is 145. The van der Waals surface area contributed by atoms with Gasteiger partial charge in [-0.3, -0.25) is 9.80 Å². The Hall–Kier alpha value is -0.570. The molecule has 1 fully saturated rings. The van der Waals surface area contributed by atoms with Crippen molar-refractivity contribution in [1.29, 1.82) is 0 Å². The molecule has 0 unspecified atom stereocenters. The van der Waals surface area contributed by atoms with E-state index in [0.29, 0.717) is 12.5 Å². The topological polar surface area (TPSA) is 23.6 Å². The second-order valence-electron chi connectivity index (χ2n) is 2.96. The Kier molecular flexibility index (Phi) is 1.94. The van der Waals surface area contributed by atoms with Crippen molar-refractivity contribution in [2.24, 2.45) is 0 Å². The molecule has 0 N–H and O–H groups in total. The van der Waals surface area contributed by atoms with Crippen molar-refractivity contribution in [3.8, 4) is 0 Å². The average molecular weight is 142 g/mol. The predicted molar refractivity (Wildman–Crippen MR) is 39.2 cm³/mol. The molecule has 0 aliphatic carbocycles. The van der Waals surface area contributed by atoms with E-state index in [2.05, 4.69) is 0 Å². The lowest BCUT2D eigenvalue weighted by atomic mass is 10.3. The van der Waals surface area contributed by atoms with Crippen molar-refractivity contribution in [3.63, 3.8) is 0 Å². The number of carbonyl (C=O) groups is 1. The van der Waals surface area contributed by atoms with Crippen LogP contribution < -0.4 is 0 Å². The summed E-state index contributed by atoms with van der Waals surface area (Å²) in [6, 6.07) is 0.306. The van der Waals surface area contributed by atoms with Gasteiger partial charge in [0.15, 0.2) is 0 Å². The highest BCUT2D eigenvalue weighted by Gasteiger charge is 2.27. The van der Waals surface area contributed by atoms with Crippen molar-refractivity contribution in [2.45, 2.75) is 26.3 Å². The monoisotopic (exact) mass is 142 g/mol. The maximum absolute atomic E-state index is 11.1. The first-order valence-corrected chi connectivity index (χ1v) is 3.66. The fourth-order valence-corrected chi connectivity index (χ4v) is 1.35. The Morgan fingerprint density at radius 3 is 2.30 bits per heavy atom. The van der Waals surface area contributed by atoms with Gasteiger partial charge in [0.25, 0.3) is 0 Å².